The molecule has 1 atom stereocenters. The Morgan fingerprint density at radius 1 is 1.08 bits per heavy atom. The van der Waals surface area contributed by atoms with Crippen molar-refractivity contribution in [2.24, 2.45) is 0 Å². The molecule has 0 radical (unpaired) electrons. The lowest BCUT2D eigenvalue weighted by Gasteiger charge is -2.35. The molecular weight excluding hydrogens is 330 g/mol. The second kappa shape index (κ2) is 8.92. The fourth-order valence-electron chi connectivity index (χ4n) is 2.87. The quantitative estimate of drug-likeness (QED) is 0.893. The smallest absolute Gasteiger partial charge is 0.410 e. The monoisotopic (exact) mass is 361 g/mol. The number of carbonyl (C=O) groups excluding carboxylic acids is 2. The Labute approximate surface area is 156 Å². The van der Waals surface area contributed by atoms with Crippen LogP contribution in [0.25, 0.3) is 0 Å². The lowest BCUT2D eigenvalue weighted by Crippen LogP contribution is -2.54. The highest BCUT2D eigenvalue weighted by atomic mass is 16.6. The summed E-state index contributed by atoms with van der Waals surface area (Å²) >= 11 is 0. The minimum atomic E-state index is -0.499. The molecule has 2 rings (SSSR count). The first kappa shape index (κ1) is 20.1. The lowest BCUT2D eigenvalue weighted by atomic mass is 9.98. The van der Waals surface area contributed by atoms with Crippen LogP contribution in [0.5, 0.6) is 0 Å². The molecule has 1 fully saturated rings. The molecule has 3 amide bonds. The van der Waals surface area contributed by atoms with E-state index in [1.54, 1.807) is 9.80 Å². The third-order valence-electron chi connectivity index (χ3n) is 4.44. The molecule has 1 aromatic carbocycles. The van der Waals surface area contributed by atoms with Crippen molar-refractivity contribution >= 4 is 12.1 Å². The summed E-state index contributed by atoms with van der Waals surface area (Å²) in [5, 5.41) is 2.99. The van der Waals surface area contributed by atoms with E-state index in [1.165, 1.54) is 5.56 Å². The molecule has 26 heavy (non-hydrogen) atoms. The molecule has 0 spiro atoms. The molecule has 144 valence electrons. The van der Waals surface area contributed by atoms with Crippen LogP contribution in [0.1, 0.15) is 45.6 Å². The highest BCUT2D eigenvalue weighted by Crippen LogP contribution is 2.17. The van der Waals surface area contributed by atoms with E-state index in [1.807, 2.05) is 39.0 Å². The molecule has 0 aliphatic carbocycles. The van der Waals surface area contributed by atoms with Gasteiger partial charge in [-0.2, -0.15) is 0 Å². The van der Waals surface area contributed by atoms with Gasteiger partial charge >= 0.3 is 12.1 Å². The molecule has 6 heteroatoms. The number of rotatable bonds is 4. The van der Waals surface area contributed by atoms with Crippen molar-refractivity contribution < 1.29 is 14.3 Å². The molecule has 1 aliphatic rings. The maximum absolute atomic E-state index is 12.3. The van der Waals surface area contributed by atoms with Crippen LogP contribution in [0, 0.1) is 0 Å². The lowest BCUT2D eigenvalue weighted by molar-refractivity contribution is 0.0170. The van der Waals surface area contributed by atoms with Gasteiger partial charge in [0.15, 0.2) is 0 Å². The highest BCUT2D eigenvalue weighted by Gasteiger charge is 2.27. The van der Waals surface area contributed by atoms with Crippen LogP contribution in [0.3, 0.4) is 0 Å². The van der Waals surface area contributed by atoms with Crippen molar-refractivity contribution in [3.8, 4) is 0 Å². The normalized spacial score (nSPS) is 16.2. The summed E-state index contributed by atoms with van der Waals surface area (Å²) in [4.78, 5) is 27.8. The maximum atomic E-state index is 12.3. The second-order valence-electron chi connectivity index (χ2n) is 7.79. The predicted molar refractivity (Wildman–Crippen MR) is 102 cm³/mol. The number of amides is 3. The van der Waals surface area contributed by atoms with Crippen molar-refractivity contribution in [1.29, 1.82) is 0 Å². The molecule has 1 saturated heterocycles. The minimum Gasteiger partial charge on any atom is -0.444 e. The van der Waals surface area contributed by atoms with Crippen molar-refractivity contribution in [2.75, 3.05) is 32.7 Å². The number of hydrogen-bond donors (Lipinski definition) is 1. The molecule has 1 unspecified atom stereocenters. The van der Waals surface area contributed by atoms with Gasteiger partial charge < -0.3 is 19.9 Å². The van der Waals surface area contributed by atoms with Crippen molar-refractivity contribution in [3.63, 3.8) is 0 Å². The topological polar surface area (TPSA) is 61.9 Å². The Balaban J connectivity index is 1.69. The van der Waals surface area contributed by atoms with Gasteiger partial charge in [-0.15, -0.1) is 0 Å². The first-order valence-electron chi connectivity index (χ1n) is 9.32. The number of urea groups is 1. The van der Waals surface area contributed by atoms with E-state index in [0.29, 0.717) is 38.6 Å². The average Bonchev–Trinajstić information content (AvgIpc) is 2.61. The number of hydrogen-bond acceptors (Lipinski definition) is 3. The Kier molecular flexibility index (Phi) is 6.89. The molecule has 1 aliphatic heterocycles. The first-order chi connectivity index (χ1) is 12.3. The summed E-state index contributed by atoms with van der Waals surface area (Å²) in [6.45, 7) is 10.4. The standard InChI is InChI=1S/C20H31N3O3/c1-16(17-8-6-5-7-9-17)10-11-21-18(24)22-12-14-23(15-13-22)19(25)26-20(2,3)4/h5-9,16H,10-15H2,1-4H3,(H,21,24). The van der Waals surface area contributed by atoms with Crippen LogP contribution in [0.2, 0.25) is 0 Å². The van der Waals surface area contributed by atoms with Crippen molar-refractivity contribution in [2.45, 2.75) is 45.6 Å². The molecule has 0 saturated carbocycles. The van der Waals surface area contributed by atoms with Gasteiger partial charge in [0.25, 0.3) is 0 Å². The summed E-state index contributed by atoms with van der Waals surface area (Å²) in [7, 11) is 0. The molecule has 1 heterocycles. The number of ether oxygens (including phenoxy) is 1. The number of nitrogens with zero attached hydrogens (tertiary/aromatic N) is 2. The average molecular weight is 361 g/mol. The maximum Gasteiger partial charge on any atom is 0.410 e. The summed E-state index contributed by atoms with van der Waals surface area (Å²) in [6, 6.07) is 10.2. The third kappa shape index (κ3) is 6.24. The third-order valence-corrected chi connectivity index (χ3v) is 4.44. The van der Waals surface area contributed by atoms with Gasteiger partial charge in [-0.05, 0) is 38.7 Å². The zero-order chi connectivity index (χ0) is 19.2. The van der Waals surface area contributed by atoms with Crippen LogP contribution in [-0.4, -0.2) is 60.2 Å². The molecule has 0 bridgehead atoms. The van der Waals surface area contributed by atoms with E-state index >= 15 is 0 Å². The summed E-state index contributed by atoms with van der Waals surface area (Å²) in [5.41, 5.74) is 0.786. The summed E-state index contributed by atoms with van der Waals surface area (Å²) in [5.74, 6) is 0.403. The Morgan fingerprint density at radius 3 is 2.23 bits per heavy atom. The van der Waals surface area contributed by atoms with Crippen LogP contribution in [-0.2, 0) is 4.74 Å². The minimum absolute atomic E-state index is 0.0610. The van der Waals surface area contributed by atoms with E-state index in [0.717, 1.165) is 6.42 Å². The Morgan fingerprint density at radius 2 is 1.65 bits per heavy atom. The largest absolute Gasteiger partial charge is 0.444 e. The second-order valence-corrected chi connectivity index (χ2v) is 7.79. The SMILES string of the molecule is CC(CCNC(=O)N1CCN(C(=O)OC(C)(C)C)CC1)c1ccccc1. The van der Waals surface area contributed by atoms with Gasteiger partial charge in [0.05, 0.1) is 0 Å². The number of piperazine rings is 1. The Bertz CT molecular complexity index is 590. The number of carbonyl (C=O) groups is 2. The van der Waals surface area contributed by atoms with E-state index in [9.17, 15) is 9.59 Å². The molecule has 1 N–H and O–H groups in total. The highest BCUT2D eigenvalue weighted by molar-refractivity contribution is 5.75. The van der Waals surface area contributed by atoms with Crippen LogP contribution in [0.15, 0.2) is 30.3 Å². The Hall–Kier alpha value is -2.24. The van der Waals surface area contributed by atoms with Gasteiger partial charge in [-0.25, -0.2) is 9.59 Å². The first-order valence-corrected chi connectivity index (χ1v) is 9.32. The van der Waals surface area contributed by atoms with Crippen LogP contribution < -0.4 is 5.32 Å². The predicted octanol–water partition coefficient (Wildman–Crippen LogP) is 3.44. The fourth-order valence-corrected chi connectivity index (χ4v) is 2.87. The van der Waals surface area contributed by atoms with E-state index in [2.05, 4.69) is 24.4 Å². The van der Waals surface area contributed by atoms with Crippen LogP contribution >= 0.6 is 0 Å². The van der Waals surface area contributed by atoms with Crippen molar-refractivity contribution in [1.82, 2.24) is 15.1 Å². The zero-order valence-electron chi connectivity index (χ0n) is 16.3. The van der Waals surface area contributed by atoms with Gasteiger partial charge in [-0.3, -0.25) is 0 Å². The van der Waals surface area contributed by atoms with Gasteiger partial charge in [0, 0.05) is 32.7 Å². The zero-order valence-corrected chi connectivity index (χ0v) is 16.3. The molecule has 6 nitrogen and oxygen atoms in total. The van der Waals surface area contributed by atoms with Gasteiger partial charge in [0.2, 0.25) is 0 Å². The van der Waals surface area contributed by atoms with Crippen molar-refractivity contribution in [3.05, 3.63) is 35.9 Å². The fraction of sp³-hybridized carbons (Fsp3) is 0.600. The molecule has 0 aromatic heterocycles. The van der Waals surface area contributed by atoms with Gasteiger partial charge in [-0.1, -0.05) is 37.3 Å². The number of benzene rings is 1. The molecule has 1 aromatic rings. The summed E-state index contributed by atoms with van der Waals surface area (Å²) < 4.78 is 5.37. The van der Waals surface area contributed by atoms with E-state index < -0.39 is 5.60 Å². The van der Waals surface area contributed by atoms with Gasteiger partial charge in [0.1, 0.15) is 5.60 Å². The summed E-state index contributed by atoms with van der Waals surface area (Å²) in [6.07, 6.45) is 0.586. The van der Waals surface area contributed by atoms with E-state index in [4.69, 9.17) is 4.74 Å². The molecular formula is C20H31N3O3. The van der Waals surface area contributed by atoms with E-state index in [-0.39, 0.29) is 12.1 Å². The van der Waals surface area contributed by atoms with Crippen LogP contribution in [0.4, 0.5) is 9.59 Å². The number of nitrogens with one attached hydrogen (secondary N) is 1.